The van der Waals surface area contributed by atoms with Gasteiger partial charge in [-0.3, -0.25) is 24.0 Å². The SMILES string of the molecule is CCn1cc(C(=O)NCCCCCC(=O)N2CC(OC(=O)CCC(=O)O)CC2C(OCc2ccc(OC)cc2)(c2ccccc2)c2ccc(OC)cc2)c(=O)c2ccc(C)nc21. The van der Waals surface area contributed by atoms with Crippen LogP contribution in [-0.4, -0.2) is 82.8 Å². The van der Waals surface area contributed by atoms with E-state index in [2.05, 4.69) is 10.3 Å². The van der Waals surface area contributed by atoms with E-state index in [1.807, 2.05) is 92.7 Å². The maximum absolute atomic E-state index is 14.5. The number of amides is 2. The smallest absolute Gasteiger partial charge is 0.306 e. The first-order chi connectivity index (χ1) is 30.0. The minimum absolute atomic E-state index is 0.0476. The Hall–Kier alpha value is -6.54. The molecule has 2 N–H and O–H groups in total. The third kappa shape index (κ3) is 10.5. The second-order valence-electron chi connectivity index (χ2n) is 15.3. The zero-order valence-electron chi connectivity index (χ0n) is 35.6. The highest BCUT2D eigenvalue weighted by Crippen LogP contribution is 2.45. The molecule has 3 aromatic carbocycles. The van der Waals surface area contributed by atoms with Crippen LogP contribution < -0.4 is 20.2 Å². The molecule has 0 spiro atoms. The number of methoxy groups -OCH3 is 2. The summed E-state index contributed by atoms with van der Waals surface area (Å²) >= 11 is 0. The predicted molar refractivity (Wildman–Crippen MR) is 232 cm³/mol. The molecule has 3 heterocycles. The molecule has 6 rings (SSSR count). The van der Waals surface area contributed by atoms with E-state index in [9.17, 15) is 29.1 Å². The van der Waals surface area contributed by atoms with Gasteiger partial charge >= 0.3 is 11.9 Å². The van der Waals surface area contributed by atoms with Crippen molar-refractivity contribution < 1.29 is 43.2 Å². The van der Waals surface area contributed by atoms with Crippen molar-refractivity contribution in [3.63, 3.8) is 0 Å². The first-order valence-electron chi connectivity index (χ1n) is 20.9. The number of hydrogen-bond acceptors (Lipinski definition) is 10. The van der Waals surface area contributed by atoms with Gasteiger partial charge in [0.15, 0.2) is 0 Å². The van der Waals surface area contributed by atoms with Gasteiger partial charge in [0.2, 0.25) is 11.3 Å². The van der Waals surface area contributed by atoms with E-state index in [0.29, 0.717) is 54.9 Å². The highest BCUT2D eigenvalue weighted by molar-refractivity contribution is 5.96. The number of aromatic nitrogens is 2. The summed E-state index contributed by atoms with van der Waals surface area (Å²) in [6.45, 7) is 4.84. The number of nitrogens with zero attached hydrogens (tertiary/aromatic N) is 3. The third-order valence-corrected chi connectivity index (χ3v) is 11.2. The summed E-state index contributed by atoms with van der Waals surface area (Å²) in [6, 6.07) is 27.4. The molecule has 0 bridgehead atoms. The number of unbranched alkanes of at least 4 members (excludes halogenated alkanes) is 2. The molecule has 5 aromatic rings. The summed E-state index contributed by atoms with van der Waals surface area (Å²) in [5, 5.41) is 12.5. The van der Waals surface area contributed by atoms with Crippen molar-refractivity contribution >= 4 is 34.8 Å². The van der Waals surface area contributed by atoms with Crippen molar-refractivity contribution in [2.24, 2.45) is 0 Å². The van der Waals surface area contributed by atoms with Crippen LogP contribution >= 0.6 is 0 Å². The van der Waals surface area contributed by atoms with Gasteiger partial charge in [-0.25, -0.2) is 4.98 Å². The zero-order valence-corrected chi connectivity index (χ0v) is 35.6. The van der Waals surface area contributed by atoms with E-state index >= 15 is 0 Å². The minimum atomic E-state index is -1.27. The number of rotatable bonds is 20. The van der Waals surface area contributed by atoms with Gasteiger partial charge in [-0.2, -0.15) is 0 Å². The number of aliphatic carboxylic acids is 1. The van der Waals surface area contributed by atoms with Crippen molar-refractivity contribution in [3.05, 3.63) is 135 Å². The molecule has 1 fully saturated rings. The van der Waals surface area contributed by atoms with Crippen molar-refractivity contribution in [3.8, 4) is 11.5 Å². The predicted octanol–water partition coefficient (Wildman–Crippen LogP) is 6.57. The van der Waals surface area contributed by atoms with E-state index in [1.54, 1.807) is 42.0 Å². The van der Waals surface area contributed by atoms with Gasteiger partial charge in [-0.15, -0.1) is 0 Å². The Morgan fingerprint density at radius 3 is 2.18 bits per heavy atom. The average molecular weight is 847 g/mol. The molecule has 14 heteroatoms. The number of fused-ring (bicyclic) bond motifs is 1. The van der Waals surface area contributed by atoms with Crippen LogP contribution in [0.5, 0.6) is 11.5 Å². The van der Waals surface area contributed by atoms with Gasteiger partial charge in [-0.1, -0.05) is 61.0 Å². The van der Waals surface area contributed by atoms with E-state index < -0.39 is 35.6 Å². The molecule has 1 saturated heterocycles. The Balaban J connectivity index is 1.23. The highest BCUT2D eigenvalue weighted by Gasteiger charge is 2.52. The number of pyridine rings is 2. The summed E-state index contributed by atoms with van der Waals surface area (Å²) in [7, 11) is 3.18. The van der Waals surface area contributed by atoms with Crippen molar-refractivity contribution in [2.75, 3.05) is 27.3 Å². The standard InChI is InChI=1S/C48H54N4O10/c1-5-51-30-40(45(57)39-24-15-32(2)50-46(39)51)47(58)49-27-11-7-10-14-42(53)52-29-38(62-44(56)26-25-43(54)55)28-41(52)48(34-12-8-6-9-13-34,35-18-22-37(60-4)23-19-35)61-31-33-16-20-36(59-3)21-17-33/h6,8-9,12-13,15-24,30,38,41H,5,7,10-11,14,25-29,31H2,1-4H3,(H,49,58)(H,54,55). The monoisotopic (exact) mass is 846 g/mol. The molecule has 62 heavy (non-hydrogen) atoms. The maximum Gasteiger partial charge on any atom is 0.306 e. The van der Waals surface area contributed by atoms with E-state index in [-0.39, 0.29) is 55.7 Å². The maximum atomic E-state index is 14.5. The summed E-state index contributed by atoms with van der Waals surface area (Å²) in [6.07, 6.45) is 2.18. The Morgan fingerprint density at radius 1 is 0.839 bits per heavy atom. The Bertz CT molecular complexity index is 2400. The molecule has 14 nitrogen and oxygen atoms in total. The largest absolute Gasteiger partial charge is 0.497 e. The van der Waals surface area contributed by atoms with Crippen LogP contribution in [0.2, 0.25) is 0 Å². The molecule has 1 aliphatic heterocycles. The molecular weight excluding hydrogens is 793 g/mol. The number of nitrogens with one attached hydrogen (secondary N) is 1. The first-order valence-corrected chi connectivity index (χ1v) is 20.9. The Morgan fingerprint density at radius 2 is 1.52 bits per heavy atom. The minimum Gasteiger partial charge on any atom is -0.497 e. The van der Waals surface area contributed by atoms with E-state index in [1.165, 1.54) is 0 Å². The number of hydrogen-bond donors (Lipinski definition) is 2. The topological polar surface area (TPSA) is 176 Å². The van der Waals surface area contributed by atoms with Crippen molar-refractivity contribution in [1.29, 1.82) is 0 Å². The molecule has 2 aromatic heterocycles. The summed E-state index contributed by atoms with van der Waals surface area (Å²) in [5.41, 5.74) is 2.10. The summed E-state index contributed by atoms with van der Waals surface area (Å²) in [5.74, 6) is -1.09. The lowest BCUT2D eigenvalue weighted by molar-refractivity contribution is -0.152. The van der Waals surface area contributed by atoms with E-state index in [4.69, 9.17) is 18.9 Å². The second-order valence-corrected chi connectivity index (χ2v) is 15.3. The third-order valence-electron chi connectivity index (χ3n) is 11.2. The lowest BCUT2D eigenvalue weighted by atomic mass is 9.78. The number of benzene rings is 3. The molecule has 0 radical (unpaired) electrons. The summed E-state index contributed by atoms with van der Waals surface area (Å²) < 4.78 is 25.7. The zero-order chi connectivity index (χ0) is 44.2. The van der Waals surface area contributed by atoms with E-state index in [0.717, 1.165) is 22.4 Å². The Labute approximate surface area is 360 Å². The molecular formula is C48H54N4O10. The number of carboxylic acids is 1. The molecule has 3 atom stereocenters. The van der Waals surface area contributed by atoms with Gasteiger partial charge in [0.25, 0.3) is 5.91 Å². The highest BCUT2D eigenvalue weighted by atomic mass is 16.5. The average Bonchev–Trinajstić information content (AvgIpc) is 3.71. The number of carbonyl (C=O) groups is 4. The molecule has 1 aliphatic rings. The lowest BCUT2D eigenvalue weighted by Gasteiger charge is -2.44. The first kappa shape index (κ1) is 45.0. The molecule has 0 saturated carbocycles. The molecule has 3 unspecified atom stereocenters. The fraction of sp³-hybridized carbons (Fsp3) is 0.375. The lowest BCUT2D eigenvalue weighted by Crippen LogP contribution is -2.52. The van der Waals surface area contributed by atoms with Crippen LogP contribution in [0.3, 0.4) is 0 Å². The second kappa shape index (κ2) is 20.8. The van der Waals surface area contributed by atoms with Gasteiger partial charge < -0.3 is 38.8 Å². The number of aryl methyl sites for hydroxylation is 2. The molecule has 0 aliphatic carbocycles. The van der Waals surface area contributed by atoms with Crippen LogP contribution in [0, 0.1) is 6.92 Å². The van der Waals surface area contributed by atoms with Crippen LogP contribution in [-0.2, 0) is 42.6 Å². The van der Waals surface area contributed by atoms with Gasteiger partial charge in [0.05, 0.1) is 51.6 Å². The fourth-order valence-corrected chi connectivity index (χ4v) is 8.04. The van der Waals surface area contributed by atoms with Crippen molar-refractivity contribution in [2.45, 2.75) is 89.7 Å². The number of carboxylic acid groups (broad SMARTS) is 1. The summed E-state index contributed by atoms with van der Waals surface area (Å²) in [4.78, 5) is 71.4. The van der Waals surface area contributed by atoms with Crippen LogP contribution in [0.4, 0.5) is 0 Å². The van der Waals surface area contributed by atoms with Crippen molar-refractivity contribution in [1.82, 2.24) is 19.8 Å². The fourth-order valence-electron chi connectivity index (χ4n) is 8.04. The van der Waals surface area contributed by atoms with Crippen LogP contribution in [0.1, 0.15) is 84.6 Å². The Kier molecular flexibility index (Phi) is 15.1. The van der Waals surface area contributed by atoms with Gasteiger partial charge in [-0.05, 0) is 79.8 Å². The normalized spacial score (nSPS) is 15.8. The number of ether oxygens (including phenoxy) is 4. The molecule has 326 valence electrons. The van der Waals surface area contributed by atoms with Gasteiger partial charge in [0, 0.05) is 37.8 Å². The van der Waals surface area contributed by atoms with Gasteiger partial charge in [0.1, 0.15) is 34.4 Å². The van der Waals surface area contributed by atoms with Crippen LogP contribution in [0.25, 0.3) is 11.0 Å². The number of esters is 1. The van der Waals surface area contributed by atoms with Crippen LogP contribution in [0.15, 0.2) is 102 Å². The molecule has 2 amide bonds. The quantitative estimate of drug-likeness (QED) is 0.0640. The number of carbonyl (C=O) groups excluding carboxylic acids is 3. The number of likely N-dealkylation sites (tertiary alicyclic amines) is 1.